The topological polar surface area (TPSA) is 46.4 Å². The van der Waals surface area contributed by atoms with Crippen LogP contribution in [0.25, 0.3) is 11.7 Å². The van der Waals surface area contributed by atoms with Gasteiger partial charge in [0.05, 0.1) is 10.7 Å². The maximum Gasteiger partial charge on any atom is 0.270 e. The van der Waals surface area contributed by atoms with Crippen molar-refractivity contribution < 1.29 is 9.18 Å². The molecule has 0 bridgehead atoms. The summed E-state index contributed by atoms with van der Waals surface area (Å²) >= 11 is 6.11. The second-order valence-electron chi connectivity index (χ2n) is 7.40. The van der Waals surface area contributed by atoms with Crippen molar-refractivity contribution in [1.29, 1.82) is 0 Å². The van der Waals surface area contributed by atoms with Gasteiger partial charge in [0.1, 0.15) is 17.2 Å². The van der Waals surface area contributed by atoms with Crippen LogP contribution in [-0.4, -0.2) is 21.8 Å². The highest BCUT2D eigenvalue weighted by Gasteiger charge is 2.17. The Kier molecular flexibility index (Phi) is 8.79. The quantitative estimate of drug-likeness (QED) is 0.209. The lowest BCUT2D eigenvalue weighted by molar-refractivity contribution is 0.0947. The van der Waals surface area contributed by atoms with E-state index in [0.717, 1.165) is 23.3 Å². The molecule has 0 saturated heterocycles. The molecule has 4 nitrogen and oxygen atoms in total. The molecule has 0 saturated carbocycles. The van der Waals surface area contributed by atoms with Crippen LogP contribution in [-0.2, 0) is 6.42 Å². The monoisotopic (exact) mass is 463 g/mol. The van der Waals surface area contributed by atoms with Gasteiger partial charge in [0.2, 0.25) is 0 Å². The molecule has 0 fully saturated rings. The predicted octanol–water partition coefficient (Wildman–Crippen LogP) is 6.58. The van der Waals surface area contributed by atoms with Crippen molar-refractivity contribution in [2.75, 3.05) is 6.54 Å². The molecule has 2 heterocycles. The Balaban J connectivity index is 1.61. The number of aryl methyl sites for hydroxylation is 1. The zero-order valence-electron chi connectivity index (χ0n) is 18.6. The molecule has 0 radical (unpaired) electrons. The van der Waals surface area contributed by atoms with E-state index in [1.807, 2.05) is 37.3 Å². The van der Waals surface area contributed by atoms with E-state index >= 15 is 0 Å². The number of allylic oxidation sites excluding steroid dienone is 5. The summed E-state index contributed by atoms with van der Waals surface area (Å²) in [4.78, 5) is 17.4. The second-order valence-corrected chi connectivity index (χ2v) is 7.83. The minimum atomic E-state index is -0.255. The van der Waals surface area contributed by atoms with Crippen LogP contribution < -0.4 is 5.32 Å². The fraction of sp³-hybridized carbons (Fsp3) is 0.185. The van der Waals surface area contributed by atoms with Gasteiger partial charge in [-0.05, 0) is 54.7 Å². The van der Waals surface area contributed by atoms with Gasteiger partial charge in [-0.15, -0.1) is 6.58 Å². The first-order valence-corrected chi connectivity index (χ1v) is 11.3. The number of benzene rings is 1. The molecule has 3 aromatic rings. The van der Waals surface area contributed by atoms with Crippen LogP contribution in [0.1, 0.15) is 41.5 Å². The van der Waals surface area contributed by atoms with Crippen LogP contribution in [0.15, 0.2) is 85.1 Å². The fourth-order valence-corrected chi connectivity index (χ4v) is 3.46. The zero-order chi connectivity index (χ0) is 23.6. The summed E-state index contributed by atoms with van der Waals surface area (Å²) in [5.74, 6) is -0.428. The number of carbonyl (C=O) groups is 1. The van der Waals surface area contributed by atoms with Gasteiger partial charge in [0.25, 0.3) is 5.91 Å². The van der Waals surface area contributed by atoms with Crippen LogP contribution in [0.5, 0.6) is 0 Å². The number of aromatic nitrogens is 2. The number of fused-ring (bicyclic) bond motifs is 1. The molecule has 1 amide bonds. The van der Waals surface area contributed by atoms with Gasteiger partial charge in [-0.2, -0.15) is 0 Å². The van der Waals surface area contributed by atoms with E-state index in [1.54, 1.807) is 34.9 Å². The van der Waals surface area contributed by atoms with E-state index in [2.05, 4.69) is 23.0 Å². The number of nitrogens with zero attached hydrogens (tertiary/aromatic N) is 2. The summed E-state index contributed by atoms with van der Waals surface area (Å²) in [6.45, 7) is 6.22. The Morgan fingerprint density at radius 1 is 1.21 bits per heavy atom. The van der Waals surface area contributed by atoms with Crippen LogP contribution in [0.3, 0.4) is 0 Å². The van der Waals surface area contributed by atoms with Crippen molar-refractivity contribution in [3.63, 3.8) is 0 Å². The standard InChI is InChI=1S/C27H27ClFN3O/c1-3-5-8-20(10-11-21-12-15-23(29)16-13-21)9-6-7-18-30-27(33)26-24(4-2)31-25-17-14-22(28)19-32(25)26/h3,6,8-17,19H,1,4-5,7,18H2,2H3,(H,30,33). The van der Waals surface area contributed by atoms with E-state index in [4.69, 9.17) is 11.6 Å². The maximum atomic E-state index is 13.1. The van der Waals surface area contributed by atoms with Crippen molar-refractivity contribution in [2.45, 2.75) is 26.2 Å². The molecule has 0 unspecified atom stereocenters. The summed E-state index contributed by atoms with van der Waals surface area (Å²) in [6, 6.07) is 9.90. The Hall–Kier alpha value is -3.44. The molecular formula is C27H27ClFN3O. The Morgan fingerprint density at radius 2 is 2.00 bits per heavy atom. The van der Waals surface area contributed by atoms with Gasteiger partial charge in [-0.25, -0.2) is 9.37 Å². The highest BCUT2D eigenvalue weighted by molar-refractivity contribution is 6.30. The van der Waals surface area contributed by atoms with Crippen LogP contribution in [0, 0.1) is 5.82 Å². The minimum absolute atomic E-state index is 0.173. The van der Waals surface area contributed by atoms with E-state index in [9.17, 15) is 9.18 Å². The number of rotatable bonds is 10. The highest BCUT2D eigenvalue weighted by atomic mass is 35.5. The Bertz CT molecular complexity index is 1210. The van der Waals surface area contributed by atoms with Crippen molar-refractivity contribution in [1.82, 2.24) is 14.7 Å². The number of halogens is 2. The lowest BCUT2D eigenvalue weighted by atomic mass is 10.1. The highest BCUT2D eigenvalue weighted by Crippen LogP contribution is 2.17. The molecule has 0 atom stereocenters. The molecule has 1 aromatic carbocycles. The molecule has 0 aliphatic rings. The van der Waals surface area contributed by atoms with Gasteiger partial charge in [0, 0.05) is 12.7 Å². The lowest BCUT2D eigenvalue weighted by Gasteiger charge is -2.06. The molecule has 170 valence electrons. The number of carbonyl (C=O) groups excluding carboxylic acids is 1. The Morgan fingerprint density at radius 3 is 2.73 bits per heavy atom. The number of pyridine rings is 1. The summed E-state index contributed by atoms with van der Waals surface area (Å²) in [5, 5.41) is 3.52. The first kappa shape index (κ1) is 24.2. The first-order chi connectivity index (χ1) is 16.0. The third-order valence-corrected chi connectivity index (χ3v) is 5.19. The van der Waals surface area contributed by atoms with Crippen molar-refractivity contribution in [3.05, 3.63) is 113 Å². The van der Waals surface area contributed by atoms with Crippen molar-refractivity contribution in [3.8, 4) is 0 Å². The average molecular weight is 464 g/mol. The third-order valence-electron chi connectivity index (χ3n) is 4.97. The molecule has 6 heteroatoms. The molecule has 0 aliphatic heterocycles. The average Bonchev–Trinajstić information content (AvgIpc) is 3.18. The van der Waals surface area contributed by atoms with E-state index < -0.39 is 0 Å². The maximum absolute atomic E-state index is 13.1. The van der Waals surface area contributed by atoms with E-state index in [1.165, 1.54) is 12.1 Å². The molecule has 0 spiro atoms. The van der Waals surface area contributed by atoms with Crippen LogP contribution in [0.4, 0.5) is 4.39 Å². The molecule has 0 aliphatic carbocycles. The smallest absolute Gasteiger partial charge is 0.270 e. The number of hydrogen-bond acceptors (Lipinski definition) is 2. The minimum Gasteiger partial charge on any atom is -0.350 e. The van der Waals surface area contributed by atoms with Crippen LogP contribution >= 0.6 is 11.6 Å². The Labute approximate surface area is 198 Å². The SMILES string of the molecule is C=CCC=C(C=CCCNC(=O)c1c(CC)nc2ccc(Cl)cn12)C=Cc1ccc(F)cc1. The normalized spacial score (nSPS) is 12.2. The molecular weight excluding hydrogens is 437 g/mol. The fourth-order valence-electron chi connectivity index (χ4n) is 3.30. The molecule has 1 N–H and O–H groups in total. The van der Waals surface area contributed by atoms with E-state index in [-0.39, 0.29) is 11.7 Å². The van der Waals surface area contributed by atoms with Gasteiger partial charge in [-0.1, -0.05) is 67.1 Å². The third kappa shape index (κ3) is 6.77. The molecule has 2 aromatic heterocycles. The van der Waals surface area contributed by atoms with Gasteiger partial charge >= 0.3 is 0 Å². The van der Waals surface area contributed by atoms with Gasteiger partial charge in [0.15, 0.2) is 0 Å². The summed E-state index contributed by atoms with van der Waals surface area (Å²) in [6.07, 6.45) is 15.6. The molecule has 3 rings (SSSR count). The van der Waals surface area contributed by atoms with Gasteiger partial charge in [-0.3, -0.25) is 9.20 Å². The largest absolute Gasteiger partial charge is 0.350 e. The van der Waals surface area contributed by atoms with Gasteiger partial charge < -0.3 is 5.32 Å². The number of hydrogen-bond donors (Lipinski definition) is 1. The second kappa shape index (κ2) is 12.0. The summed E-state index contributed by atoms with van der Waals surface area (Å²) < 4.78 is 14.8. The predicted molar refractivity (Wildman–Crippen MR) is 134 cm³/mol. The number of nitrogens with one attached hydrogen (secondary N) is 1. The van der Waals surface area contributed by atoms with Crippen molar-refractivity contribution >= 4 is 29.2 Å². The summed E-state index contributed by atoms with van der Waals surface area (Å²) in [7, 11) is 0. The first-order valence-electron chi connectivity index (χ1n) is 10.9. The zero-order valence-corrected chi connectivity index (χ0v) is 19.4. The van der Waals surface area contributed by atoms with Crippen LogP contribution in [0.2, 0.25) is 5.02 Å². The summed E-state index contributed by atoms with van der Waals surface area (Å²) in [5.41, 5.74) is 3.89. The lowest BCUT2D eigenvalue weighted by Crippen LogP contribution is -2.26. The molecule has 33 heavy (non-hydrogen) atoms. The number of amides is 1. The van der Waals surface area contributed by atoms with Crippen molar-refractivity contribution in [2.24, 2.45) is 0 Å². The van der Waals surface area contributed by atoms with E-state index in [0.29, 0.717) is 35.8 Å². The number of imidazole rings is 1.